The summed E-state index contributed by atoms with van der Waals surface area (Å²) in [5.74, 6) is 0.191. The molecule has 0 saturated heterocycles. The normalized spacial score (nSPS) is 11.5. The minimum Gasteiger partial charge on any atom is -0.294 e. The van der Waals surface area contributed by atoms with E-state index in [2.05, 4.69) is 15.9 Å². The fourth-order valence-electron chi connectivity index (χ4n) is 1.24. The molecule has 0 aliphatic rings. The molecular weight excluding hydrogens is 240 g/mol. The van der Waals surface area contributed by atoms with E-state index in [0.717, 1.165) is 15.6 Å². The summed E-state index contributed by atoms with van der Waals surface area (Å²) in [6.45, 7) is 7.78. The topological polar surface area (TPSA) is 17.1 Å². The van der Waals surface area contributed by atoms with Gasteiger partial charge in [-0.1, -0.05) is 42.8 Å². The minimum atomic E-state index is -0.314. The molecule has 0 N–H and O–H groups in total. The fraction of sp³-hybridized carbons (Fsp3) is 0.417. The summed E-state index contributed by atoms with van der Waals surface area (Å²) in [7, 11) is 0. The Hall–Kier alpha value is -0.630. The first-order valence-corrected chi connectivity index (χ1v) is 5.42. The molecule has 0 amide bonds. The number of carbonyl (C=O) groups is 1. The quantitative estimate of drug-likeness (QED) is 0.693. The number of carbonyl (C=O) groups excluding carboxylic acids is 1. The van der Waals surface area contributed by atoms with Gasteiger partial charge in [0.1, 0.15) is 0 Å². The summed E-state index contributed by atoms with van der Waals surface area (Å²) in [6.07, 6.45) is 0. The summed E-state index contributed by atoms with van der Waals surface area (Å²) in [6, 6.07) is 5.81. The van der Waals surface area contributed by atoms with Crippen molar-refractivity contribution < 1.29 is 4.79 Å². The van der Waals surface area contributed by atoms with Gasteiger partial charge in [-0.2, -0.15) is 0 Å². The monoisotopic (exact) mass is 254 g/mol. The van der Waals surface area contributed by atoms with E-state index in [1.165, 1.54) is 0 Å². The third-order valence-corrected chi connectivity index (χ3v) is 2.62. The van der Waals surface area contributed by atoms with Crippen molar-refractivity contribution in [1.29, 1.82) is 0 Å². The number of rotatable bonds is 1. The lowest BCUT2D eigenvalue weighted by Gasteiger charge is -2.18. The molecule has 0 bridgehead atoms. The van der Waals surface area contributed by atoms with Crippen LogP contribution >= 0.6 is 15.9 Å². The van der Waals surface area contributed by atoms with E-state index in [9.17, 15) is 4.79 Å². The number of hydrogen-bond donors (Lipinski definition) is 0. The van der Waals surface area contributed by atoms with Crippen molar-refractivity contribution in [3.63, 3.8) is 0 Å². The van der Waals surface area contributed by atoms with Gasteiger partial charge < -0.3 is 0 Å². The van der Waals surface area contributed by atoms with Crippen molar-refractivity contribution in [2.24, 2.45) is 5.41 Å². The summed E-state index contributed by atoms with van der Waals surface area (Å²) in [5, 5.41) is 0. The van der Waals surface area contributed by atoms with Crippen molar-refractivity contribution in [3.05, 3.63) is 33.8 Å². The Morgan fingerprint density at radius 2 is 1.86 bits per heavy atom. The maximum atomic E-state index is 12.0. The number of aryl methyl sites for hydroxylation is 1. The van der Waals surface area contributed by atoms with Crippen LogP contribution in [0.5, 0.6) is 0 Å². The number of Topliss-reactive ketones (excluding diaryl/α,β-unsaturated/α-hetero) is 1. The molecule has 0 aliphatic carbocycles. The number of ketones is 1. The Morgan fingerprint density at radius 3 is 2.36 bits per heavy atom. The van der Waals surface area contributed by atoms with Crippen LogP contribution in [-0.4, -0.2) is 5.78 Å². The van der Waals surface area contributed by atoms with Crippen molar-refractivity contribution in [3.8, 4) is 0 Å². The van der Waals surface area contributed by atoms with Crippen molar-refractivity contribution in [2.75, 3.05) is 0 Å². The average molecular weight is 255 g/mol. The van der Waals surface area contributed by atoms with Crippen molar-refractivity contribution in [1.82, 2.24) is 0 Å². The third-order valence-electron chi connectivity index (χ3n) is 2.13. The Bertz CT molecular complexity index is 361. The molecule has 0 fully saturated rings. The number of benzene rings is 1. The molecule has 0 heterocycles. The molecule has 1 nitrogen and oxygen atoms in total. The third kappa shape index (κ3) is 2.44. The predicted molar refractivity (Wildman–Crippen MR) is 62.7 cm³/mol. The smallest absolute Gasteiger partial charge is 0.168 e. The molecule has 0 radical (unpaired) electrons. The van der Waals surface area contributed by atoms with Gasteiger partial charge in [0.2, 0.25) is 0 Å². The van der Waals surface area contributed by atoms with Gasteiger partial charge in [0.15, 0.2) is 5.78 Å². The maximum absolute atomic E-state index is 12.0. The van der Waals surface area contributed by atoms with E-state index in [4.69, 9.17) is 0 Å². The van der Waals surface area contributed by atoms with E-state index >= 15 is 0 Å². The molecule has 76 valence electrons. The minimum absolute atomic E-state index is 0.191. The van der Waals surface area contributed by atoms with E-state index in [-0.39, 0.29) is 11.2 Å². The Kier molecular flexibility index (Phi) is 3.15. The lowest BCUT2D eigenvalue weighted by molar-refractivity contribution is 0.0857. The molecule has 0 saturated carbocycles. The number of hydrogen-bond acceptors (Lipinski definition) is 1. The first-order chi connectivity index (χ1) is 6.32. The van der Waals surface area contributed by atoms with E-state index in [1.807, 2.05) is 45.9 Å². The van der Waals surface area contributed by atoms with E-state index in [1.54, 1.807) is 0 Å². The largest absolute Gasteiger partial charge is 0.294 e. The van der Waals surface area contributed by atoms with Crippen LogP contribution in [0.25, 0.3) is 0 Å². The molecular formula is C12H15BrO. The first kappa shape index (κ1) is 11.4. The fourth-order valence-corrected chi connectivity index (χ4v) is 1.60. The molecule has 1 rings (SSSR count). The van der Waals surface area contributed by atoms with Crippen LogP contribution in [0.1, 0.15) is 36.7 Å². The molecule has 14 heavy (non-hydrogen) atoms. The SMILES string of the molecule is Cc1ccc(Br)cc1C(=O)C(C)(C)C. The van der Waals surface area contributed by atoms with E-state index in [0.29, 0.717) is 0 Å². The van der Waals surface area contributed by atoms with Crippen LogP contribution in [0.3, 0.4) is 0 Å². The van der Waals surface area contributed by atoms with Gasteiger partial charge in [0.05, 0.1) is 0 Å². The highest BCUT2D eigenvalue weighted by Crippen LogP contribution is 2.25. The summed E-state index contributed by atoms with van der Waals surface area (Å²) in [5.41, 5.74) is 1.53. The lowest BCUT2D eigenvalue weighted by Crippen LogP contribution is -2.21. The van der Waals surface area contributed by atoms with Gasteiger partial charge >= 0.3 is 0 Å². The van der Waals surface area contributed by atoms with Gasteiger partial charge in [-0.05, 0) is 24.6 Å². The lowest BCUT2D eigenvalue weighted by atomic mass is 9.85. The Labute approximate surface area is 93.7 Å². The average Bonchev–Trinajstić information content (AvgIpc) is 2.06. The number of halogens is 1. The zero-order chi connectivity index (χ0) is 10.9. The second-order valence-electron chi connectivity index (χ2n) is 4.54. The molecule has 2 heteroatoms. The van der Waals surface area contributed by atoms with Crippen LogP contribution < -0.4 is 0 Å². The molecule has 1 aromatic carbocycles. The van der Waals surface area contributed by atoms with Gasteiger partial charge in [-0.15, -0.1) is 0 Å². The molecule has 0 spiro atoms. The highest BCUT2D eigenvalue weighted by Gasteiger charge is 2.24. The van der Waals surface area contributed by atoms with Crippen LogP contribution in [-0.2, 0) is 0 Å². The molecule has 0 unspecified atom stereocenters. The summed E-state index contributed by atoms with van der Waals surface area (Å²) in [4.78, 5) is 12.0. The standard InChI is InChI=1S/C12H15BrO/c1-8-5-6-9(13)7-10(8)11(14)12(2,3)4/h5-7H,1-4H3. The van der Waals surface area contributed by atoms with Gasteiger partial charge in [0.25, 0.3) is 0 Å². The predicted octanol–water partition coefficient (Wildman–Crippen LogP) is 3.99. The van der Waals surface area contributed by atoms with Crippen molar-refractivity contribution >= 4 is 21.7 Å². The second kappa shape index (κ2) is 3.85. The Morgan fingerprint density at radius 1 is 1.29 bits per heavy atom. The molecule has 1 aromatic rings. The zero-order valence-electron chi connectivity index (χ0n) is 9.02. The highest BCUT2D eigenvalue weighted by molar-refractivity contribution is 9.10. The maximum Gasteiger partial charge on any atom is 0.168 e. The van der Waals surface area contributed by atoms with Crippen LogP contribution in [0.2, 0.25) is 0 Å². The van der Waals surface area contributed by atoms with Gasteiger partial charge in [0, 0.05) is 15.5 Å². The zero-order valence-corrected chi connectivity index (χ0v) is 10.6. The molecule has 0 aromatic heterocycles. The van der Waals surface area contributed by atoms with Gasteiger partial charge in [-0.25, -0.2) is 0 Å². The Balaban J connectivity index is 3.19. The van der Waals surface area contributed by atoms with Crippen molar-refractivity contribution in [2.45, 2.75) is 27.7 Å². The summed E-state index contributed by atoms with van der Waals surface area (Å²) >= 11 is 3.38. The molecule has 0 atom stereocenters. The van der Waals surface area contributed by atoms with Crippen LogP contribution in [0, 0.1) is 12.3 Å². The van der Waals surface area contributed by atoms with Gasteiger partial charge in [-0.3, -0.25) is 4.79 Å². The summed E-state index contributed by atoms with van der Waals surface area (Å²) < 4.78 is 0.954. The van der Waals surface area contributed by atoms with Crippen LogP contribution in [0.4, 0.5) is 0 Å². The van der Waals surface area contributed by atoms with E-state index < -0.39 is 0 Å². The molecule has 0 aliphatic heterocycles. The first-order valence-electron chi connectivity index (χ1n) is 4.63. The van der Waals surface area contributed by atoms with Crippen LogP contribution in [0.15, 0.2) is 22.7 Å². The highest BCUT2D eigenvalue weighted by atomic mass is 79.9. The second-order valence-corrected chi connectivity index (χ2v) is 5.45.